The first-order valence-electron chi connectivity index (χ1n) is 5.15. The smallest absolute Gasteiger partial charge is 0.0903 e. The third kappa shape index (κ3) is 2.16. The van der Waals surface area contributed by atoms with Crippen molar-refractivity contribution < 1.29 is 4.74 Å². The maximum absolute atomic E-state index is 5.20. The first kappa shape index (κ1) is 9.25. The summed E-state index contributed by atoms with van der Waals surface area (Å²) in [6.45, 7) is 0.945. The van der Waals surface area contributed by atoms with Gasteiger partial charge in [0, 0.05) is 10.6 Å². The predicted molar refractivity (Wildman–Crippen MR) is 64.4 cm³/mol. The molecule has 0 aromatic heterocycles. The van der Waals surface area contributed by atoms with Crippen molar-refractivity contribution >= 4 is 22.5 Å². The normalized spacial score (nSPS) is 19.3. The van der Waals surface area contributed by atoms with Gasteiger partial charge in [-0.05, 0) is 22.9 Å². The Hall–Kier alpha value is -0.990. The lowest BCUT2D eigenvalue weighted by Crippen LogP contribution is -1.88. The van der Waals surface area contributed by atoms with E-state index in [9.17, 15) is 0 Å². The van der Waals surface area contributed by atoms with Gasteiger partial charge in [0.05, 0.1) is 12.7 Å². The first-order valence-corrected chi connectivity index (χ1v) is 6.13. The fraction of sp³-hybridized carbons (Fsp3) is 0.231. The number of ether oxygens (including phenoxy) is 1. The van der Waals surface area contributed by atoms with Crippen LogP contribution in [0.5, 0.6) is 0 Å². The molecule has 0 bridgehead atoms. The van der Waals surface area contributed by atoms with Crippen molar-refractivity contribution in [3.05, 3.63) is 42.5 Å². The Labute approximate surface area is 93.4 Å². The average molecular weight is 216 g/mol. The van der Waals surface area contributed by atoms with Crippen molar-refractivity contribution in [3.63, 3.8) is 0 Å². The van der Waals surface area contributed by atoms with Crippen LogP contribution in [0.1, 0.15) is 0 Å². The molecule has 2 heteroatoms. The Morgan fingerprint density at radius 1 is 1.13 bits per heavy atom. The summed E-state index contributed by atoms with van der Waals surface area (Å²) in [7, 11) is 0. The van der Waals surface area contributed by atoms with Gasteiger partial charge in [-0.3, -0.25) is 0 Å². The molecule has 76 valence electrons. The highest BCUT2D eigenvalue weighted by molar-refractivity contribution is 7.99. The van der Waals surface area contributed by atoms with Gasteiger partial charge >= 0.3 is 0 Å². The van der Waals surface area contributed by atoms with Crippen molar-refractivity contribution in [2.24, 2.45) is 0 Å². The van der Waals surface area contributed by atoms with Crippen molar-refractivity contribution in [1.82, 2.24) is 0 Å². The minimum atomic E-state index is 0.501. The lowest BCUT2D eigenvalue weighted by Gasteiger charge is -2.02. The quantitative estimate of drug-likeness (QED) is 0.576. The minimum Gasteiger partial charge on any atom is -0.372 e. The van der Waals surface area contributed by atoms with E-state index < -0.39 is 0 Å². The van der Waals surface area contributed by atoms with Crippen LogP contribution in [0, 0.1) is 0 Å². The van der Waals surface area contributed by atoms with Gasteiger partial charge in [-0.15, -0.1) is 11.8 Å². The highest BCUT2D eigenvalue weighted by atomic mass is 32.2. The van der Waals surface area contributed by atoms with Crippen molar-refractivity contribution in [2.45, 2.75) is 11.0 Å². The molecule has 15 heavy (non-hydrogen) atoms. The van der Waals surface area contributed by atoms with E-state index in [0.717, 1.165) is 12.4 Å². The van der Waals surface area contributed by atoms with Crippen LogP contribution in [0.4, 0.5) is 0 Å². The predicted octanol–water partition coefficient (Wildman–Crippen LogP) is 3.33. The zero-order valence-electron chi connectivity index (χ0n) is 8.35. The molecular weight excluding hydrogens is 204 g/mol. The molecular formula is C13H12OS. The molecule has 3 rings (SSSR count). The number of hydrogen-bond donors (Lipinski definition) is 0. The van der Waals surface area contributed by atoms with Crippen LogP contribution in [0.15, 0.2) is 47.4 Å². The highest BCUT2D eigenvalue weighted by Gasteiger charge is 2.22. The summed E-state index contributed by atoms with van der Waals surface area (Å²) in [6.07, 6.45) is 0.501. The number of fused-ring (bicyclic) bond motifs is 1. The summed E-state index contributed by atoms with van der Waals surface area (Å²) in [5.41, 5.74) is 0. The van der Waals surface area contributed by atoms with Crippen LogP contribution in [-0.4, -0.2) is 18.5 Å². The molecule has 1 aliphatic heterocycles. The zero-order chi connectivity index (χ0) is 10.1. The maximum Gasteiger partial charge on any atom is 0.0903 e. The molecule has 1 aliphatic rings. The van der Waals surface area contributed by atoms with Gasteiger partial charge in [0.1, 0.15) is 0 Å². The molecule has 0 aliphatic carbocycles. The summed E-state index contributed by atoms with van der Waals surface area (Å²) in [5, 5.41) is 2.63. The summed E-state index contributed by atoms with van der Waals surface area (Å²) < 4.78 is 5.20. The molecule has 2 aromatic rings. The van der Waals surface area contributed by atoms with Crippen molar-refractivity contribution in [1.29, 1.82) is 0 Å². The molecule has 1 heterocycles. The third-order valence-corrected chi connectivity index (χ3v) is 3.68. The summed E-state index contributed by atoms with van der Waals surface area (Å²) >= 11 is 1.88. The van der Waals surface area contributed by atoms with E-state index >= 15 is 0 Å². The standard InChI is InChI=1S/C13H12OS/c1-2-4-11-7-13(6-5-10(11)3-1)15-9-12-8-14-12/h1-7,12H,8-9H2. The minimum absolute atomic E-state index is 0.501. The molecule has 2 aromatic carbocycles. The second kappa shape index (κ2) is 3.87. The van der Waals surface area contributed by atoms with Crippen LogP contribution >= 0.6 is 11.8 Å². The average Bonchev–Trinajstić information content (AvgIpc) is 3.10. The van der Waals surface area contributed by atoms with Gasteiger partial charge in [0.2, 0.25) is 0 Å². The Morgan fingerprint density at radius 3 is 2.73 bits per heavy atom. The van der Waals surface area contributed by atoms with Crippen molar-refractivity contribution in [3.8, 4) is 0 Å². The number of benzene rings is 2. The van der Waals surface area contributed by atoms with E-state index in [1.54, 1.807) is 0 Å². The zero-order valence-corrected chi connectivity index (χ0v) is 9.17. The first-order chi connectivity index (χ1) is 7.42. The van der Waals surface area contributed by atoms with Crippen LogP contribution in [-0.2, 0) is 4.74 Å². The summed E-state index contributed by atoms with van der Waals surface area (Å²) in [4.78, 5) is 1.34. The van der Waals surface area contributed by atoms with Gasteiger partial charge < -0.3 is 4.74 Å². The van der Waals surface area contributed by atoms with Gasteiger partial charge in [0.15, 0.2) is 0 Å². The Morgan fingerprint density at radius 2 is 1.93 bits per heavy atom. The number of hydrogen-bond acceptors (Lipinski definition) is 2. The van der Waals surface area contributed by atoms with E-state index in [-0.39, 0.29) is 0 Å². The monoisotopic (exact) mass is 216 g/mol. The van der Waals surface area contributed by atoms with Crippen molar-refractivity contribution in [2.75, 3.05) is 12.4 Å². The second-order valence-electron chi connectivity index (χ2n) is 3.78. The van der Waals surface area contributed by atoms with Crippen LogP contribution in [0.25, 0.3) is 10.8 Å². The highest BCUT2D eigenvalue weighted by Crippen LogP contribution is 2.26. The van der Waals surface area contributed by atoms with Gasteiger partial charge in [-0.1, -0.05) is 30.3 Å². The van der Waals surface area contributed by atoms with Gasteiger partial charge in [-0.25, -0.2) is 0 Å². The number of rotatable bonds is 3. The third-order valence-electron chi connectivity index (χ3n) is 2.56. The number of thioether (sulfide) groups is 1. The van der Waals surface area contributed by atoms with Crippen LogP contribution < -0.4 is 0 Å². The SMILES string of the molecule is c1ccc2cc(SCC3CO3)ccc2c1. The molecule has 1 fully saturated rings. The fourth-order valence-corrected chi connectivity index (χ4v) is 2.56. The largest absolute Gasteiger partial charge is 0.372 e. The van der Waals surface area contributed by atoms with E-state index in [0.29, 0.717) is 6.10 Å². The lowest BCUT2D eigenvalue weighted by molar-refractivity contribution is 0.426. The van der Waals surface area contributed by atoms with Crippen LogP contribution in [0.3, 0.4) is 0 Å². The van der Waals surface area contributed by atoms with E-state index in [1.165, 1.54) is 15.7 Å². The summed E-state index contributed by atoms with van der Waals surface area (Å²) in [5.74, 6) is 1.08. The Balaban J connectivity index is 1.84. The topological polar surface area (TPSA) is 12.5 Å². The maximum atomic E-state index is 5.20. The van der Waals surface area contributed by atoms with Gasteiger partial charge in [-0.2, -0.15) is 0 Å². The number of epoxide rings is 1. The van der Waals surface area contributed by atoms with E-state index in [4.69, 9.17) is 4.74 Å². The van der Waals surface area contributed by atoms with Gasteiger partial charge in [0.25, 0.3) is 0 Å². The fourth-order valence-electron chi connectivity index (χ4n) is 1.61. The summed E-state index contributed by atoms with van der Waals surface area (Å²) in [6, 6.07) is 15.1. The van der Waals surface area contributed by atoms with Crippen LogP contribution in [0.2, 0.25) is 0 Å². The Kier molecular flexibility index (Phi) is 2.39. The molecule has 1 saturated heterocycles. The molecule has 0 N–H and O–H groups in total. The molecule has 0 amide bonds. The Bertz CT molecular complexity index is 477. The molecule has 1 unspecified atom stereocenters. The molecule has 0 radical (unpaired) electrons. The molecule has 0 spiro atoms. The molecule has 1 atom stereocenters. The van der Waals surface area contributed by atoms with E-state index in [2.05, 4.69) is 42.5 Å². The molecule has 1 nitrogen and oxygen atoms in total. The lowest BCUT2D eigenvalue weighted by atomic mass is 10.1. The second-order valence-corrected chi connectivity index (χ2v) is 4.87. The molecule has 0 saturated carbocycles. The van der Waals surface area contributed by atoms with E-state index in [1.807, 2.05) is 11.8 Å².